The van der Waals surface area contributed by atoms with E-state index in [4.69, 9.17) is 16.3 Å². The Morgan fingerprint density at radius 2 is 2.09 bits per heavy atom. The molecule has 5 heteroatoms. The molecule has 0 atom stereocenters. The molecule has 4 nitrogen and oxygen atoms in total. The smallest absolute Gasteiger partial charge is 0.141 e. The first-order chi connectivity index (χ1) is 10.7. The van der Waals surface area contributed by atoms with E-state index < -0.39 is 0 Å². The maximum atomic E-state index is 9.44. The van der Waals surface area contributed by atoms with E-state index >= 15 is 0 Å². The quantitative estimate of drug-likeness (QED) is 0.857. The monoisotopic (exact) mass is 316 g/mol. The van der Waals surface area contributed by atoms with Gasteiger partial charge in [0.25, 0.3) is 0 Å². The summed E-state index contributed by atoms with van der Waals surface area (Å²) in [4.78, 5) is 8.08. The second-order valence-electron chi connectivity index (χ2n) is 5.30. The van der Waals surface area contributed by atoms with Crippen LogP contribution in [0.25, 0.3) is 5.57 Å². The van der Waals surface area contributed by atoms with Crippen molar-refractivity contribution in [2.45, 2.75) is 25.7 Å². The third kappa shape index (κ3) is 3.39. The lowest BCUT2D eigenvalue weighted by Crippen LogP contribution is -2.09. The van der Waals surface area contributed by atoms with Crippen molar-refractivity contribution in [3.63, 3.8) is 0 Å². The molecule has 2 heterocycles. The maximum absolute atomic E-state index is 9.44. The summed E-state index contributed by atoms with van der Waals surface area (Å²) in [5, 5.41) is 9.97. The molecule has 0 aromatic carbocycles. The second-order valence-corrected chi connectivity index (χ2v) is 5.66. The van der Waals surface area contributed by atoms with Gasteiger partial charge in [0.15, 0.2) is 0 Å². The van der Waals surface area contributed by atoms with Crippen molar-refractivity contribution in [1.82, 2.24) is 9.97 Å². The van der Waals surface area contributed by atoms with Gasteiger partial charge in [-0.3, -0.25) is 4.98 Å². The van der Waals surface area contributed by atoms with Gasteiger partial charge in [0.2, 0.25) is 0 Å². The minimum Gasteiger partial charge on any atom is -0.506 e. The van der Waals surface area contributed by atoms with Crippen molar-refractivity contribution in [3.8, 4) is 11.5 Å². The summed E-state index contributed by atoms with van der Waals surface area (Å²) >= 11 is 6.23. The summed E-state index contributed by atoms with van der Waals surface area (Å²) in [6, 6.07) is 5.47. The van der Waals surface area contributed by atoms with Crippen LogP contribution in [-0.4, -0.2) is 21.7 Å². The zero-order chi connectivity index (χ0) is 15.4. The Hall–Kier alpha value is -2.07. The van der Waals surface area contributed by atoms with Gasteiger partial charge >= 0.3 is 0 Å². The molecule has 0 saturated heterocycles. The highest BCUT2D eigenvalue weighted by Crippen LogP contribution is 2.35. The van der Waals surface area contributed by atoms with Crippen LogP contribution in [-0.2, 0) is 0 Å². The number of aromatic hydroxyl groups is 1. The average molecular weight is 317 g/mol. The van der Waals surface area contributed by atoms with E-state index in [-0.39, 0.29) is 5.75 Å². The molecule has 1 aliphatic carbocycles. The number of hydrogen-bond acceptors (Lipinski definition) is 4. The molecule has 0 unspecified atom stereocenters. The standard InChI is InChI=1S/C17H17ClN2O2/c18-17-16(6-3-7-20-17)15-5-2-1-4-12(15)11-22-14-8-13(21)9-19-10-14/h3,6-10,21H,1-2,4-5,11H2. The minimum atomic E-state index is 0.102. The van der Waals surface area contributed by atoms with Crippen LogP contribution >= 0.6 is 11.6 Å². The van der Waals surface area contributed by atoms with E-state index in [1.165, 1.54) is 17.3 Å². The molecule has 114 valence electrons. The van der Waals surface area contributed by atoms with Gasteiger partial charge in [-0.05, 0) is 42.9 Å². The Morgan fingerprint density at radius 1 is 1.23 bits per heavy atom. The van der Waals surface area contributed by atoms with Crippen molar-refractivity contribution >= 4 is 17.2 Å². The van der Waals surface area contributed by atoms with Gasteiger partial charge < -0.3 is 9.84 Å². The number of ether oxygens (including phenoxy) is 1. The lowest BCUT2D eigenvalue weighted by molar-refractivity contribution is 0.340. The SMILES string of the molecule is Oc1cncc(OCC2=C(c3cccnc3Cl)CCCC2)c1. The lowest BCUT2D eigenvalue weighted by Gasteiger charge is -2.21. The summed E-state index contributed by atoms with van der Waals surface area (Å²) in [6.07, 6.45) is 8.96. The molecule has 22 heavy (non-hydrogen) atoms. The van der Waals surface area contributed by atoms with Gasteiger partial charge in [-0.1, -0.05) is 17.7 Å². The Kier molecular flexibility index (Phi) is 4.59. The third-order valence-electron chi connectivity index (χ3n) is 3.78. The number of aromatic nitrogens is 2. The molecule has 1 N–H and O–H groups in total. The lowest BCUT2D eigenvalue weighted by atomic mass is 9.88. The number of halogens is 1. The van der Waals surface area contributed by atoms with Crippen LogP contribution in [0.1, 0.15) is 31.2 Å². The highest BCUT2D eigenvalue weighted by atomic mass is 35.5. The summed E-state index contributed by atoms with van der Waals surface area (Å²) < 4.78 is 5.77. The van der Waals surface area contributed by atoms with Gasteiger partial charge in [-0.2, -0.15) is 0 Å². The molecule has 1 aliphatic rings. The molecule has 0 saturated carbocycles. The normalized spacial score (nSPS) is 15.0. The Balaban J connectivity index is 1.84. The summed E-state index contributed by atoms with van der Waals surface area (Å²) in [6.45, 7) is 0.478. The van der Waals surface area contributed by atoms with Gasteiger partial charge in [-0.15, -0.1) is 0 Å². The van der Waals surface area contributed by atoms with Crippen molar-refractivity contribution in [1.29, 1.82) is 0 Å². The Labute approximate surface area is 134 Å². The van der Waals surface area contributed by atoms with Crippen molar-refractivity contribution < 1.29 is 9.84 Å². The van der Waals surface area contributed by atoms with Gasteiger partial charge in [0.1, 0.15) is 23.3 Å². The molecular formula is C17H17ClN2O2. The fourth-order valence-electron chi connectivity index (χ4n) is 2.72. The maximum Gasteiger partial charge on any atom is 0.141 e. The Bertz CT molecular complexity index is 701. The van der Waals surface area contributed by atoms with Crippen LogP contribution in [0, 0.1) is 0 Å². The molecule has 2 aromatic rings. The zero-order valence-electron chi connectivity index (χ0n) is 12.1. The topological polar surface area (TPSA) is 55.2 Å². The summed E-state index contributed by atoms with van der Waals surface area (Å²) in [5.74, 6) is 0.667. The number of nitrogens with zero attached hydrogens (tertiary/aromatic N) is 2. The van der Waals surface area contributed by atoms with Crippen LogP contribution < -0.4 is 4.74 Å². The van der Waals surface area contributed by atoms with Crippen molar-refractivity contribution in [2.24, 2.45) is 0 Å². The number of rotatable bonds is 4. The molecule has 0 radical (unpaired) electrons. The first-order valence-electron chi connectivity index (χ1n) is 7.32. The second kappa shape index (κ2) is 6.79. The highest BCUT2D eigenvalue weighted by Gasteiger charge is 2.17. The van der Waals surface area contributed by atoms with Crippen molar-refractivity contribution in [2.75, 3.05) is 6.61 Å². The third-order valence-corrected chi connectivity index (χ3v) is 4.08. The predicted octanol–water partition coefficient (Wildman–Crippen LogP) is 4.24. The van der Waals surface area contributed by atoms with Crippen LogP contribution in [0.15, 0.2) is 42.4 Å². The predicted molar refractivity (Wildman–Crippen MR) is 86.0 cm³/mol. The average Bonchev–Trinajstić information content (AvgIpc) is 2.54. The first kappa shape index (κ1) is 14.9. The first-order valence-corrected chi connectivity index (χ1v) is 7.70. The van der Waals surface area contributed by atoms with E-state index in [9.17, 15) is 5.11 Å². The fourth-order valence-corrected chi connectivity index (χ4v) is 2.95. The van der Waals surface area contributed by atoms with Crippen molar-refractivity contribution in [3.05, 3.63) is 53.1 Å². The van der Waals surface area contributed by atoms with Crippen LogP contribution in [0.3, 0.4) is 0 Å². The summed E-state index contributed by atoms with van der Waals surface area (Å²) in [5.41, 5.74) is 3.47. The molecule has 0 aliphatic heterocycles. The minimum absolute atomic E-state index is 0.102. The van der Waals surface area contributed by atoms with E-state index in [0.29, 0.717) is 17.5 Å². The van der Waals surface area contributed by atoms with Crippen LogP contribution in [0.2, 0.25) is 5.15 Å². The molecule has 2 aromatic heterocycles. The molecule has 3 rings (SSSR count). The van der Waals surface area contributed by atoms with Gasteiger partial charge in [-0.25, -0.2) is 4.98 Å². The summed E-state index contributed by atoms with van der Waals surface area (Å²) in [7, 11) is 0. The largest absolute Gasteiger partial charge is 0.506 e. The van der Waals surface area contributed by atoms with E-state index in [0.717, 1.165) is 31.2 Å². The van der Waals surface area contributed by atoms with E-state index in [2.05, 4.69) is 9.97 Å². The number of hydrogen-bond donors (Lipinski definition) is 1. The number of pyridine rings is 2. The van der Waals surface area contributed by atoms with Gasteiger partial charge in [0.05, 0.1) is 12.4 Å². The molecule has 0 bridgehead atoms. The van der Waals surface area contributed by atoms with Crippen LogP contribution in [0.5, 0.6) is 11.5 Å². The zero-order valence-corrected chi connectivity index (χ0v) is 12.9. The Morgan fingerprint density at radius 3 is 2.91 bits per heavy atom. The molecule has 0 spiro atoms. The molecular weight excluding hydrogens is 300 g/mol. The number of allylic oxidation sites excluding steroid dienone is 1. The van der Waals surface area contributed by atoms with E-state index in [1.54, 1.807) is 18.5 Å². The highest BCUT2D eigenvalue weighted by molar-refractivity contribution is 6.31. The van der Waals surface area contributed by atoms with E-state index in [1.807, 2.05) is 12.1 Å². The molecule has 0 fully saturated rings. The fraction of sp³-hybridized carbons (Fsp3) is 0.294. The molecule has 0 amide bonds. The van der Waals surface area contributed by atoms with Gasteiger partial charge in [0, 0.05) is 17.8 Å². The van der Waals surface area contributed by atoms with Crippen LogP contribution in [0.4, 0.5) is 0 Å².